The Morgan fingerprint density at radius 1 is 0.619 bits per heavy atom. The summed E-state index contributed by atoms with van der Waals surface area (Å²) >= 11 is 0. The molecule has 0 saturated heterocycles. The maximum Gasteiger partial charge on any atom is 2.00 e. The van der Waals surface area contributed by atoms with Crippen molar-refractivity contribution < 1.29 is 20.1 Å². The van der Waals surface area contributed by atoms with Gasteiger partial charge in [-0.2, -0.15) is 0 Å². The maximum atomic E-state index is 10.4. The second kappa shape index (κ2) is 9.37. The number of benzene rings is 2. The molecule has 2 aromatic rings. The van der Waals surface area contributed by atoms with Gasteiger partial charge in [0, 0.05) is 24.3 Å². The van der Waals surface area contributed by atoms with E-state index in [1.165, 1.54) is 24.3 Å². The van der Waals surface area contributed by atoms with Gasteiger partial charge in [-0.3, -0.25) is 20.2 Å². The summed E-state index contributed by atoms with van der Waals surface area (Å²) in [5.41, 5.74) is -0.112. The smallest absolute Gasteiger partial charge is 0.872 e. The van der Waals surface area contributed by atoms with Crippen molar-refractivity contribution in [3.63, 3.8) is 0 Å². The van der Waals surface area contributed by atoms with Crippen molar-refractivity contribution in [2.75, 3.05) is 0 Å². The molecule has 0 aliphatic carbocycles. The maximum absolute atomic E-state index is 10.4. The molecule has 104 valence electrons. The van der Waals surface area contributed by atoms with Gasteiger partial charge in [0.1, 0.15) is 0 Å². The minimum atomic E-state index is -0.542. The third-order valence-electron chi connectivity index (χ3n) is 2.10. The Labute approximate surface area is 159 Å². The minimum Gasteiger partial charge on any atom is -0.872 e. The van der Waals surface area contributed by atoms with Crippen LogP contribution in [-0.4, -0.2) is 58.7 Å². The average Bonchev–Trinajstić information content (AvgIpc) is 2.40. The van der Waals surface area contributed by atoms with Crippen LogP contribution in [0.2, 0.25) is 0 Å². The van der Waals surface area contributed by atoms with Crippen molar-refractivity contribution in [2.24, 2.45) is 0 Å². The van der Waals surface area contributed by atoms with E-state index >= 15 is 0 Å². The monoisotopic (exact) mass is 414 g/mol. The standard InChI is InChI=1S/2C6H5NO3.Ba/c2*8-6-3-1-5(2-4-6)7(9)10;/h2*1-4,8H;/q;;+2/p-2. The molecule has 9 heteroatoms. The number of nitro groups is 2. The van der Waals surface area contributed by atoms with Gasteiger partial charge in [0.15, 0.2) is 0 Å². The van der Waals surface area contributed by atoms with Crippen LogP contribution in [0.1, 0.15) is 0 Å². The second-order valence-electron chi connectivity index (χ2n) is 3.50. The molecule has 0 spiro atoms. The first-order valence-corrected chi connectivity index (χ1v) is 5.23. The van der Waals surface area contributed by atoms with Crippen LogP contribution in [0.3, 0.4) is 0 Å². The van der Waals surface area contributed by atoms with Gasteiger partial charge in [0.05, 0.1) is 9.85 Å². The summed E-state index contributed by atoms with van der Waals surface area (Å²) in [6.07, 6.45) is 0. The van der Waals surface area contributed by atoms with Gasteiger partial charge in [-0.15, -0.1) is 11.5 Å². The van der Waals surface area contributed by atoms with E-state index in [4.69, 9.17) is 0 Å². The van der Waals surface area contributed by atoms with Crippen molar-refractivity contribution in [1.82, 2.24) is 0 Å². The number of rotatable bonds is 2. The Hall–Kier alpha value is -1.59. The van der Waals surface area contributed by atoms with Crippen molar-refractivity contribution >= 4 is 60.3 Å². The Balaban J connectivity index is 0.000000364. The van der Waals surface area contributed by atoms with E-state index in [2.05, 4.69) is 0 Å². The third-order valence-corrected chi connectivity index (χ3v) is 2.10. The first-order chi connectivity index (χ1) is 9.40. The second-order valence-corrected chi connectivity index (χ2v) is 3.50. The topological polar surface area (TPSA) is 132 Å². The molecule has 0 atom stereocenters. The summed E-state index contributed by atoms with van der Waals surface area (Å²) in [6.45, 7) is 0. The summed E-state index contributed by atoms with van der Waals surface area (Å²) in [7, 11) is 0. The molecule has 0 aromatic heterocycles. The zero-order valence-corrected chi connectivity index (χ0v) is 15.1. The SMILES string of the molecule is O=[N+]([O-])c1ccc([O-])cc1.O=[N+]([O-])c1ccc([O-])cc1.[Ba+2]. The van der Waals surface area contributed by atoms with Crippen LogP contribution in [0, 0.1) is 20.2 Å². The number of hydrogen-bond acceptors (Lipinski definition) is 6. The summed E-state index contributed by atoms with van der Waals surface area (Å²) < 4.78 is 0. The first-order valence-electron chi connectivity index (χ1n) is 5.23. The predicted molar refractivity (Wildman–Crippen MR) is 70.8 cm³/mol. The predicted octanol–water partition coefficient (Wildman–Crippen LogP) is 0.956. The molecular formula is C12H8BaN2O6. The van der Waals surface area contributed by atoms with Crippen molar-refractivity contribution in [3.8, 4) is 11.5 Å². The van der Waals surface area contributed by atoms with E-state index in [9.17, 15) is 30.4 Å². The van der Waals surface area contributed by atoms with E-state index < -0.39 is 9.85 Å². The Kier molecular flexibility index (Phi) is 8.66. The van der Waals surface area contributed by atoms with E-state index in [-0.39, 0.29) is 71.8 Å². The summed E-state index contributed by atoms with van der Waals surface area (Å²) in [5, 5.41) is 40.9. The van der Waals surface area contributed by atoms with Crippen LogP contribution in [-0.2, 0) is 0 Å². The van der Waals surface area contributed by atoms with Gasteiger partial charge in [0.2, 0.25) is 0 Å². The van der Waals surface area contributed by atoms with Crippen LogP contribution in [0.25, 0.3) is 0 Å². The van der Waals surface area contributed by atoms with Crippen LogP contribution >= 0.6 is 0 Å². The number of hydrogen-bond donors (Lipinski definition) is 0. The van der Waals surface area contributed by atoms with E-state index in [0.717, 1.165) is 24.3 Å². The van der Waals surface area contributed by atoms with Crippen molar-refractivity contribution in [3.05, 3.63) is 68.8 Å². The van der Waals surface area contributed by atoms with E-state index in [1.54, 1.807) is 0 Å². The number of nitrogens with zero attached hydrogens (tertiary/aromatic N) is 2. The van der Waals surface area contributed by atoms with E-state index in [0.29, 0.717) is 0 Å². The van der Waals surface area contributed by atoms with Crippen molar-refractivity contribution in [2.45, 2.75) is 0 Å². The fourth-order valence-electron chi connectivity index (χ4n) is 1.14. The molecular weight excluding hydrogens is 405 g/mol. The molecule has 2 rings (SSSR count). The molecule has 8 nitrogen and oxygen atoms in total. The zero-order chi connectivity index (χ0) is 15.1. The fourth-order valence-corrected chi connectivity index (χ4v) is 1.14. The van der Waals surface area contributed by atoms with Gasteiger partial charge in [-0.1, -0.05) is 24.3 Å². The van der Waals surface area contributed by atoms with Crippen LogP contribution < -0.4 is 10.2 Å². The molecule has 0 radical (unpaired) electrons. The molecule has 0 aliphatic rings. The molecule has 0 fully saturated rings. The quantitative estimate of drug-likeness (QED) is 0.409. The molecule has 2 aromatic carbocycles. The number of non-ortho nitro benzene ring substituents is 2. The van der Waals surface area contributed by atoms with Gasteiger partial charge in [-0.25, -0.2) is 0 Å². The van der Waals surface area contributed by atoms with Crippen molar-refractivity contribution in [1.29, 1.82) is 0 Å². The number of nitro benzene ring substituents is 2. The zero-order valence-electron chi connectivity index (χ0n) is 10.7. The molecule has 0 amide bonds. The van der Waals surface area contributed by atoms with Gasteiger partial charge >= 0.3 is 48.9 Å². The molecule has 0 unspecified atom stereocenters. The minimum absolute atomic E-state index is 0. The molecule has 0 bridgehead atoms. The molecule has 0 N–H and O–H groups in total. The summed E-state index contributed by atoms with van der Waals surface area (Å²) in [5.74, 6) is -0.434. The Morgan fingerprint density at radius 2 is 0.857 bits per heavy atom. The Bertz CT molecular complexity index is 545. The third kappa shape index (κ3) is 7.11. The molecule has 21 heavy (non-hydrogen) atoms. The van der Waals surface area contributed by atoms with E-state index in [1.807, 2.05) is 0 Å². The average molecular weight is 414 g/mol. The van der Waals surface area contributed by atoms with Crippen LogP contribution in [0.5, 0.6) is 11.5 Å². The largest absolute Gasteiger partial charge is 2.00 e. The van der Waals surface area contributed by atoms with Gasteiger partial charge in [0.25, 0.3) is 11.4 Å². The molecule has 0 saturated carbocycles. The molecule has 0 aliphatic heterocycles. The van der Waals surface area contributed by atoms with Crippen LogP contribution in [0.4, 0.5) is 11.4 Å². The summed E-state index contributed by atoms with van der Waals surface area (Å²) in [4.78, 5) is 18.9. The normalized spacial score (nSPS) is 8.76. The van der Waals surface area contributed by atoms with Gasteiger partial charge in [-0.05, 0) is 0 Å². The molecule has 0 heterocycles. The first kappa shape index (κ1) is 19.4. The Morgan fingerprint density at radius 3 is 1.05 bits per heavy atom. The van der Waals surface area contributed by atoms with Gasteiger partial charge < -0.3 is 10.2 Å². The summed E-state index contributed by atoms with van der Waals surface area (Å²) in [6, 6.07) is 9.39. The fraction of sp³-hybridized carbons (Fsp3) is 0. The van der Waals surface area contributed by atoms with Crippen LogP contribution in [0.15, 0.2) is 48.5 Å².